The van der Waals surface area contributed by atoms with Crippen molar-refractivity contribution in [2.45, 2.75) is 6.92 Å². The molecule has 0 aliphatic carbocycles. The Hall–Kier alpha value is -1.18. The minimum absolute atomic E-state index is 0.857. The van der Waals surface area contributed by atoms with Crippen LogP contribution in [0.2, 0.25) is 0 Å². The van der Waals surface area contributed by atoms with Crippen LogP contribution in [0.15, 0.2) is 18.2 Å². The average molecular weight is 150 g/mol. The van der Waals surface area contributed by atoms with Crippen LogP contribution >= 0.6 is 0 Å². The van der Waals surface area contributed by atoms with E-state index in [2.05, 4.69) is 11.0 Å². The molecule has 0 atom stereocenters. The van der Waals surface area contributed by atoms with Crippen LogP contribution in [0, 0.1) is 6.92 Å². The van der Waals surface area contributed by atoms with E-state index in [4.69, 9.17) is 5.73 Å². The second kappa shape index (κ2) is 2.82. The first-order chi connectivity index (χ1) is 5.11. The summed E-state index contributed by atoms with van der Waals surface area (Å²) < 4.78 is 0. The topological polar surface area (TPSA) is 29.3 Å². The second-order valence-electron chi connectivity index (χ2n) is 2.94. The molecule has 60 valence electrons. The molecule has 0 radical (unpaired) electrons. The number of rotatable bonds is 1. The third kappa shape index (κ3) is 1.64. The normalized spacial score (nSPS) is 9.73. The molecule has 0 saturated carbocycles. The van der Waals surface area contributed by atoms with E-state index in [1.165, 1.54) is 5.69 Å². The molecule has 2 nitrogen and oxygen atoms in total. The van der Waals surface area contributed by atoms with E-state index in [0.717, 1.165) is 11.3 Å². The highest BCUT2D eigenvalue weighted by Crippen LogP contribution is 2.18. The van der Waals surface area contributed by atoms with Crippen molar-refractivity contribution in [2.75, 3.05) is 24.7 Å². The quantitative estimate of drug-likeness (QED) is 0.617. The smallest absolute Gasteiger partial charge is 0.0365 e. The predicted octanol–water partition coefficient (Wildman–Crippen LogP) is 1.64. The molecule has 0 aliphatic rings. The number of hydrogen-bond donors (Lipinski definition) is 1. The lowest BCUT2D eigenvalue weighted by Crippen LogP contribution is -2.08. The zero-order valence-corrected chi connectivity index (χ0v) is 7.26. The van der Waals surface area contributed by atoms with Gasteiger partial charge in [0, 0.05) is 25.5 Å². The second-order valence-corrected chi connectivity index (χ2v) is 2.94. The van der Waals surface area contributed by atoms with Gasteiger partial charge in [-0.25, -0.2) is 0 Å². The van der Waals surface area contributed by atoms with Crippen LogP contribution in [0.4, 0.5) is 11.4 Å². The molecule has 0 fully saturated rings. The van der Waals surface area contributed by atoms with Crippen LogP contribution < -0.4 is 10.6 Å². The Bertz CT molecular complexity index is 254. The Morgan fingerprint density at radius 3 is 2.36 bits per heavy atom. The fraction of sp³-hybridized carbons (Fsp3) is 0.333. The van der Waals surface area contributed by atoms with Crippen molar-refractivity contribution in [3.63, 3.8) is 0 Å². The summed E-state index contributed by atoms with van der Waals surface area (Å²) in [6.07, 6.45) is 0. The molecule has 0 amide bonds. The monoisotopic (exact) mass is 150 g/mol. The van der Waals surface area contributed by atoms with Gasteiger partial charge in [-0.3, -0.25) is 0 Å². The molecule has 2 heteroatoms. The van der Waals surface area contributed by atoms with E-state index in [-0.39, 0.29) is 0 Å². The summed E-state index contributed by atoms with van der Waals surface area (Å²) in [5, 5.41) is 0. The lowest BCUT2D eigenvalue weighted by Gasteiger charge is -2.13. The SMILES string of the molecule is Cc1cc(N(C)C)ccc1N. The highest BCUT2D eigenvalue weighted by molar-refractivity contribution is 5.57. The molecule has 0 aromatic heterocycles. The standard InChI is InChI=1S/C9H14N2/c1-7-6-8(11(2)3)4-5-9(7)10/h4-6H,10H2,1-3H3. The average Bonchev–Trinajstić information content (AvgIpc) is 1.94. The Kier molecular flexibility index (Phi) is 2.03. The number of anilines is 2. The summed E-state index contributed by atoms with van der Waals surface area (Å²) in [5.41, 5.74) is 8.85. The van der Waals surface area contributed by atoms with Crippen molar-refractivity contribution in [1.82, 2.24) is 0 Å². The van der Waals surface area contributed by atoms with Gasteiger partial charge in [-0.1, -0.05) is 0 Å². The minimum Gasteiger partial charge on any atom is -0.399 e. The number of nitrogens with two attached hydrogens (primary N) is 1. The number of benzene rings is 1. The number of hydrogen-bond acceptors (Lipinski definition) is 2. The lowest BCUT2D eigenvalue weighted by atomic mass is 10.2. The number of nitrogens with zero attached hydrogens (tertiary/aromatic N) is 1. The summed E-state index contributed by atoms with van der Waals surface area (Å²) >= 11 is 0. The van der Waals surface area contributed by atoms with E-state index in [1.54, 1.807) is 0 Å². The zero-order chi connectivity index (χ0) is 8.43. The molecule has 0 spiro atoms. The number of aryl methyl sites for hydroxylation is 1. The van der Waals surface area contributed by atoms with Gasteiger partial charge in [0.2, 0.25) is 0 Å². The predicted molar refractivity (Wildman–Crippen MR) is 49.9 cm³/mol. The Morgan fingerprint density at radius 2 is 1.91 bits per heavy atom. The third-order valence-corrected chi connectivity index (χ3v) is 1.77. The van der Waals surface area contributed by atoms with Crippen LogP contribution in [0.25, 0.3) is 0 Å². The molecule has 1 aromatic rings. The van der Waals surface area contributed by atoms with E-state index >= 15 is 0 Å². The summed E-state index contributed by atoms with van der Waals surface area (Å²) in [7, 11) is 4.04. The van der Waals surface area contributed by atoms with Crippen molar-refractivity contribution in [3.8, 4) is 0 Å². The van der Waals surface area contributed by atoms with Gasteiger partial charge in [0.25, 0.3) is 0 Å². The van der Waals surface area contributed by atoms with Crippen LogP contribution in [-0.2, 0) is 0 Å². The summed E-state index contributed by atoms with van der Waals surface area (Å²) in [6, 6.07) is 6.03. The van der Waals surface area contributed by atoms with Crippen molar-refractivity contribution in [1.29, 1.82) is 0 Å². The van der Waals surface area contributed by atoms with Crippen LogP contribution in [-0.4, -0.2) is 14.1 Å². The molecule has 1 rings (SSSR count). The highest BCUT2D eigenvalue weighted by atomic mass is 15.1. The molecule has 0 aliphatic heterocycles. The van der Waals surface area contributed by atoms with Gasteiger partial charge in [-0.2, -0.15) is 0 Å². The first kappa shape index (κ1) is 7.92. The van der Waals surface area contributed by atoms with Crippen LogP contribution in [0.3, 0.4) is 0 Å². The van der Waals surface area contributed by atoms with Crippen LogP contribution in [0.5, 0.6) is 0 Å². The van der Waals surface area contributed by atoms with E-state index in [9.17, 15) is 0 Å². The van der Waals surface area contributed by atoms with Gasteiger partial charge in [-0.05, 0) is 30.7 Å². The van der Waals surface area contributed by atoms with Gasteiger partial charge < -0.3 is 10.6 Å². The molecular formula is C9H14N2. The largest absolute Gasteiger partial charge is 0.399 e. The molecule has 0 saturated heterocycles. The molecule has 0 heterocycles. The molecule has 2 N–H and O–H groups in total. The maximum atomic E-state index is 5.67. The van der Waals surface area contributed by atoms with Crippen molar-refractivity contribution in [2.24, 2.45) is 0 Å². The van der Waals surface area contributed by atoms with E-state index in [0.29, 0.717) is 0 Å². The van der Waals surface area contributed by atoms with Gasteiger partial charge in [0.15, 0.2) is 0 Å². The Morgan fingerprint density at radius 1 is 1.27 bits per heavy atom. The third-order valence-electron chi connectivity index (χ3n) is 1.77. The Balaban J connectivity index is 3.05. The van der Waals surface area contributed by atoms with Gasteiger partial charge in [0.1, 0.15) is 0 Å². The summed E-state index contributed by atoms with van der Waals surface area (Å²) in [4.78, 5) is 2.06. The fourth-order valence-corrected chi connectivity index (χ4v) is 0.938. The first-order valence-corrected chi connectivity index (χ1v) is 3.64. The maximum Gasteiger partial charge on any atom is 0.0365 e. The van der Waals surface area contributed by atoms with Crippen molar-refractivity contribution in [3.05, 3.63) is 23.8 Å². The minimum atomic E-state index is 0.857. The van der Waals surface area contributed by atoms with Gasteiger partial charge in [-0.15, -0.1) is 0 Å². The molecular weight excluding hydrogens is 136 g/mol. The molecule has 11 heavy (non-hydrogen) atoms. The molecule has 1 aromatic carbocycles. The highest BCUT2D eigenvalue weighted by Gasteiger charge is 1.96. The first-order valence-electron chi connectivity index (χ1n) is 3.64. The fourth-order valence-electron chi connectivity index (χ4n) is 0.938. The molecule has 0 bridgehead atoms. The van der Waals surface area contributed by atoms with E-state index < -0.39 is 0 Å². The van der Waals surface area contributed by atoms with Gasteiger partial charge >= 0.3 is 0 Å². The van der Waals surface area contributed by atoms with Crippen molar-refractivity contribution >= 4 is 11.4 Å². The zero-order valence-electron chi connectivity index (χ0n) is 7.26. The summed E-state index contributed by atoms with van der Waals surface area (Å²) in [5.74, 6) is 0. The van der Waals surface area contributed by atoms with Crippen molar-refractivity contribution < 1.29 is 0 Å². The van der Waals surface area contributed by atoms with Gasteiger partial charge in [0.05, 0.1) is 0 Å². The number of nitrogen functional groups attached to an aromatic ring is 1. The van der Waals surface area contributed by atoms with Crippen LogP contribution in [0.1, 0.15) is 5.56 Å². The molecule has 0 unspecified atom stereocenters. The Labute approximate surface area is 67.6 Å². The maximum absolute atomic E-state index is 5.67. The summed E-state index contributed by atoms with van der Waals surface area (Å²) in [6.45, 7) is 2.02. The van der Waals surface area contributed by atoms with E-state index in [1.807, 2.05) is 33.2 Å². The lowest BCUT2D eigenvalue weighted by molar-refractivity contribution is 1.13.